The number of nitrogen functional groups attached to an aromatic ring is 1. The lowest BCUT2D eigenvalue weighted by molar-refractivity contribution is -0.141. The molecule has 8 heteroatoms. The minimum Gasteiger partial charge on any atom is -0.383 e. The molecule has 0 aromatic carbocycles. The number of hydrogen-bond donors (Lipinski definition) is 1. The van der Waals surface area contributed by atoms with Crippen LogP contribution in [0.2, 0.25) is 0 Å². The number of unbranched alkanes of at least 4 members (excludes halogenated alkanes) is 1. The van der Waals surface area contributed by atoms with Crippen LogP contribution in [0.1, 0.15) is 44.4 Å². The van der Waals surface area contributed by atoms with E-state index >= 15 is 0 Å². The smallest absolute Gasteiger partial charge is 0.383 e. The standard InChI is InChI=1S/C13H18F3N5/c1-8(2)5-3-4-6-9-10(13(14,15)16)20-12-18-7-19-21(12)11(9)17/h7-8H,3-6,17H2,1-2H3. The predicted octanol–water partition coefficient (Wildman–Crippen LogP) is 3.09. The maximum Gasteiger partial charge on any atom is 0.433 e. The Hall–Kier alpha value is -1.86. The van der Waals surface area contributed by atoms with Gasteiger partial charge in [0.1, 0.15) is 12.1 Å². The molecule has 0 amide bonds. The Labute approximate surface area is 120 Å². The van der Waals surface area contributed by atoms with Crippen molar-refractivity contribution in [2.45, 2.75) is 45.7 Å². The summed E-state index contributed by atoms with van der Waals surface area (Å²) >= 11 is 0. The fourth-order valence-corrected chi connectivity index (χ4v) is 2.23. The van der Waals surface area contributed by atoms with Crippen LogP contribution in [0.4, 0.5) is 19.0 Å². The Morgan fingerprint density at radius 3 is 2.62 bits per heavy atom. The number of alkyl halides is 3. The molecule has 0 aliphatic rings. The molecule has 2 aromatic rings. The van der Waals surface area contributed by atoms with E-state index < -0.39 is 11.9 Å². The summed E-state index contributed by atoms with van der Waals surface area (Å²) in [6.07, 6.45) is -0.718. The van der Waals surface area contributed by atoms with Gasteiger partial charge in [-0.1, -0.05) is 26.7 Å². The van der Waals surface area contributed by atoms with Crippen LogP contribution >= 0.6 is 0 Å². The van der Waals surface area contributed by atoms with Crippen molar-refractivity contribution >= 4 is 11.6 Å². The lowest BCUT2D eigenvalue weighted by Gasteiger charge is -2.14. The molecule has 21 heavy (non-hydrogen) atoms. The Bertz CT molecular complexity index is 618. The molecule has 2 N–H and O–H groups in total. The molecule has 2 rings (SSSR count). The van der Waals surface area contributed by atoms with E-state index in [-0.39, 0.29) is 23.6 Å². The zero-order valence-corrected chi connectivity index (χ0v) is 12.0. The molecular weight excluding hydrogens is 283 g/mol. The van der Waals surface area contributed by atoms with Crippen molar-refractivity contribution in [1.82, 2.24) is 19.6 Å². The lowest BCUT2D eigenvalue weighted by Crippen LogP contribution is -2.17. The minimum absolute atomic E-state index is 0.00394. The van der Waals surface area contributed by atoms with Gasteiger partial charge < -0.3 is 5.73 Å². The summed E-state index contributed by atoms with van der Waals surface area (Å²) < 4.78 is 40.5. The van der Waals surface area contributed by atoms with Crippen LogP contribution in [-0.4, -0.2) is 19.6 Å². The van der Waals surface area contributed by atoms with Gasteiger partial charge in [0.15, 0.2) is 5.69 Å². The van der Waals surface area contributed by atoms with Crippen LogP contribution in [0.25, 0.3) is 5.78 Å². The second-order valence-corrected chi connectivity index (χ2v) is 5.43. The second kappa shape index (κ2) is 5.87. The number of aromatic nitrogens is 4. The van der Waals surface area contributed by atoms with Crippen molar-refractivity contribution < 1.29 is 13.2 Å². The van der Waals surface area contributed by atoms with Gasteiger partial charge in [0.2, 0.25) is 0 Å². The molecule has 2 heterocycles. The number of nitrogens with two attached hydrogens (primary N) is 1. The number of anilines is 1. The topological polar surface area (TPSA) is 69.1 Å². The molecule has 0 aliphatic carbocycles. The van der Waals surface area contributed by atoms with Crippen LogP contribution in [0.5, 0.6) is 0 Å². The lowest BCUT2D eigenvalue weighted by atomic mass is 10.0. The Morgan fingerprint density at radius 2 is 2.00 bits per heavy atom. The van der Waals surface area contributed by atoms with Gasteiger partial charge in [-0.15, -0.1) is 0 Å². The molecule has 5 nitrogen and oxygen atoms in total. The molecule has 0 saturated carbocycles. The highest BCUT2D eigenvalue weighted by Gasteiger charge is 2.37. The van der Waals surface area contributed by atoms with E-state index in [4.69, 9.17) is 5.73 Å². The van der Waals surface area contributed by atoms with E-state index in [1.54, 1.807) is 0 Å². The Kier molecular flexibility index (Phi) is 4.34. The van der Waals surface area contributed by atoms with Crippen LogP contribution in [0, 0.1) is 5.92 Å². The summed E-state index contributed by atoms with van der Waals surface area (Å²) in [4.78, 5) is 7.24. The van der Waals surface area contributed by atoms with Crippen molar-refractivity contribution in [1.29, 1.82) is 0 Å². The maximum atomic E-state index is 13.1. The molecule has 0 spiro atoms. The van der Waals surface area contributed by atoms with E-state index in [1.807, 2.05) is 0 Å². The highest BCUT2D eigenvalue weighted by Crippen LogP contribution is 2.34. The van der Waals surface area contributed by atoms with Crippen molar-refractivity contribution in [3.05, 3.63) is 17.6 Å². The quantitative estimate of drug-likeness (QED) is 0.862. The van der Waals surface area contributed by atoms with Crippen LogP contribution < -0.4 is 5.73 Å². The molecule has 0 fully saturated rings. The van der Waals surface area contributed by atoms with Gasteiger partial charge in [-0.05, 0) is 18.8 Å². The molecule has 0 aliphatic heterocycles. The first-order valence-electron chi connectivity index (χ1n) is 6.86. The zero-order chi connectivity index (χ0) is 15.6. The first kappa shape index (κ1) is 15.5. The fraction of sp³-hybridized carbons (Fsp3) is 0.615. The van der Waals surface area contributed by atoms with Crippen molar-refractivity contribution in [3.8, 4) is 0 Å². The summed E-state index contributed by atoms with van der Waals surface area (Å²) in [5.74, 6) is 0.362. The highest BCUT2D eigenvalue weighted by atomic mass is 19.4. The first-order chi connectivity index (χ1) is 9.80. The van der Waals surface area contributed by atoms with Gasteiger partial charge in [-0.25, -0.2) is 4.98 Å². The third-order valence-corrected chi connectivity index (χ3v) is 3.29. The molecule has 2 aromatic heterocycles. The van der Waals surface area contributed by atoms with Crippen molar-refractivity contribution in [2.75, 3.05) is 5.73 Å². The van der Waals surface area contributed by atoms with Crippen LogP contribution in [-0.2, 0) is 12.6 Å². The second-order valence-electron chi connectivity index (χ2n) is 5.43. The van der Waals surface area contributed by atoms with Crippen LogP contribution in [0.3, 0.4) is 0 Å². The molecule has 0 saturated heterocycles. The normalized spacial score (nSPS) is 12.5. The summed E-state index contributed by atoms with van der Waals surface area (Å²) in [6.45, 7) is 4.16. The van der Waals surface area contributed by atoms with E-state index in [0.29, 0.717) is 12.3 Å². The van der Waals surface area contributed by atoms with Gasteiger partial charge in [0, 0.05) is 5.56 Å². The average Bonchev–Trinajstić information content (AvgIpc) is 2.83. The van der Waals surface area contributed by atoms with E-state index in [0.717, 1.165) is 23.7 Å². The van der Waals surface area contributed by atoms with Gasteiger partial charge >= 0.3 is 6.18 Å². The van der Waals surface area contributed by atoms with Crippen LogP contribution in [0.15, 0.2) is 6.33 Å². The SMILES string of the molecule is CC(C)CCCCc1c(C(F)(F)F)nc2ncnn2c1N. The summed E-state index contributed by atoms with van der Waals surface area (Å²) in [5.41, 5.74) is 4.87. The van der Waals surface area contributed by atoms with Gasteiger partial charge in [0.05, 0.1) is 0 Å². The molecule has 0 unspecified atom stereocenters. The third kappa shape index (κ3) is 3.43. The molecule has 0 atom stereocenters. The molecule has 116 valence electrons. The predicted molar refractivity (Wildman–Crippen MR) is 72.6 cm³/mol. The van der Waals surface area contributed by atoms with Crippen molar-refractivity contribution in [2.24, 2.45) is 5.92 Å². The summed E-state index contributed by atoms with van der Waals surface area (Å²) in [5, 5.41) is 3.81. The minimum atomic E-state index is -4.55. The fourth-order valence-electron chi connectivity index (χ4n) is 2.23. The number of halogens is 3. The Balaban J connectivity index is 2.32. The monoisotopic (exact) mass is 301 g/mol. The highest BCUT2D eigenvalue weighted by molar-refractivity contribution is 5.50. The maximum absolute atomic E-state index is 13.1. The molecule has 0 bridgehead atoms. The average molecular weight is 301 g/mol. The third-order valence-electron chi connectivity index (χ3n) is 3.29. The molecule has 0 radical (unpaired) electrons. The zero-order valence-electron chi connectivity index (χ0n) is 12.0. The van der Waals surface area contributed by atoms with Gasteiger partial charge in [0.25, 0.3) is 5.78 Å². The Morgan fingerprint density at radius 1 is 1.29 bits per heavy atom. The van der Waals surface area contributed by atoms with E-state index in [2.05, 4.69) is 28.9 Å². The largest absolute Gasteiger partial charge is 0.433 e. The van der Waals surface area contributed by atoms with Crippen molar-refractivity contribution in [3.63, 3.8) is 0 Å². The summed E-state index contributed by atoms with van der Waals surface area (Å²) in [7, 11) is 0. The number of nitrogens with zero attached hydrogens (tertiary/aromatic N) is 4. The van der Waals surface area contributed by atoms with E-state index in [1.165, 1.54) is 0 Å². The summed E-state index contributed by atoms with van der Waals surface area (Å²) in [6, 6.07) is 0. The van der Waals surface area contributed by atoms with Gasteiger partial charge in [-0.2, -0.15) is 27.8 Å². The van der Waals surface area contributed by atoms with E-state index in [9.17, 15) is 13.2 Å². The first-order valence-corrected chi connectivity index (χ1v) is 6.86. The molecular formula is C13H18F3N5. The number of rotatable bonds is 5. The number of fused-ring (bicyclic) bond motifs is 1. The van der Waals surface area contributed by atoms with Gasteiger partial charge in [-0.3, -0.25) is 0 Å². The number of hydrogen-bond acceptors (Lipinski definition) is 4.